The first kappa shape index (κ1) is 20.5. The van der Waals surface area contributed by atoms with Crippen LogP contribution in [0, 0.1) is 6.92 Å². The fourth-order valence-electron chi connectivity index (χ4n) is 2.20. The number of amides is 3. The summed E-state index contributed by atoms with van der Waals surface area (Å²) in [5, 5.41) is 7.73. The van der Waals surface area contributed by atoms with Gasteiger partial charge in [0.15, 0.2) is 0 Å². The number of hydrogen-bond donors (Lipinski definition) is 3. The lowest BCUT2D eigenvalue weighted by atomic mass is 10.2. The van der Waals surface area contributed by atoms with Gasteiger partial charge < -0.3 is 16.0 Å². The van der Waals surface area contributed by atoms with Crippen molar-refractivity contribution in [3.63, 3.8) is 0 Å². The van der Waals surface area contributed by atoms with E-state index in [9.17, 15) is 14.4 Å². The number of hydrogen-bond acceptors (Lipinski definition) is 4. The number of thioether (sulfide) groups is 1. The van der Waals surface area contributed by atoms with Crippen LogP contribution >= 0.6 is 11.8 Å². The largest absolute Gasteiger partial charge is 0.355 e. The summed E-state index contributed by atoms with van der Waals surface area (Å²) in [7, 11) is 1.56. The smallest absolute Gasteiger partial charge is 0.251 e. The molecule has 142 valence electrons. The van der Waals surface area contributed by atoms with Crippen molar-refractivity contribution in [2.24, 2.45) is 0 Å². The van der Waals surface area contributed by atoms with Crippen LogP contribution in [-0.2, 0) is 9.59 Å². The van der Waals surface area contributed by atoms with Gasteiger partial charge in [-0.1, -0.05) is 17.7 Å². The number of rotatable bonds is 7. The average Bonchev–Trinajstić information content (AvgIpc) is 2.67. The molecule has 0 aliphatic rings. The van der Waals surface area contributed by atoms with Crippen LogP contribution in [0.25, 0.3) is 0 Å². The van der Waals surface area contributed by atoms with E-state index in [0.29, 0.717) is 11.3 Å². The zero-order valence-corrected chi connectivity index (χ0v) is 16.4. The Morgan fingerprint density at radius 3 is 2.07 bits per heavy atom. The normalized spacial score (nSPS) is 11.4. The van der Waals surface area contributed by atoms with E-state index in [4.69, 9.17) is 0 Å². The SMILES string of the molecule is CNC(=O)c1ccc(NC(=O)[C@@H](C)SCC(=O)Nc2ccc(C)cc2)cc1. The second-order valence-corrected chi connectivity index (χ2v) is 7.34. The highest BCUT2D eigenvalue weighted by Crippen LogP contribution is 2.16. The van der Waals surface area contributed by atoms with Crippen LogP contribution in [0.1, 0.15) is 22.8 Å². The quantitative estimate of drug-likeness (QED) is 0.684. The molecular formula is C20H23N3O3S. The Kier molecular flexibility index (Phi) is 7.43. The Labute approximate surface area is 163 Å². The predicted octanol–water partition coefficient (Wildman–Crippen LogP) is 3.05. The molecule has 7 heteroatoms. The number of anilines is 2. The molecule has 0 radical (unpaired) electrons. The molecule has 27 heavy (non-hydrogen) atoms. The highest BCUT2D eigenvalue weighted by atomic mass is 32.2. The van der Waals surface area contributed by atoms with Crippen LogP contribution in [0.2, 0.25) is 0 Å². The molecule has 1 atom stereocenters. The molecule has 0 bridgehead atoms. The van der Waals surface area contributed by atoms with Crippen LogP contribution in [0.4, 0.5) is 11.4 Å². The maximum atomic E-state index is 12.3. The summed E-state index contributed by atoms with van der Waals surface area (Å²) in [5.41, 5.74) is 2.98. The van der Waals surface area contributed by atoms with Crippen molar-refractivity contribution in [3.8, 4) is 0 Å². The van der Waals surface area contributed by atoms with E-state index >= 15 is 0 Å². The average molecular weight is 385 g/mol. The monoisotopic (exact) mass is 385 g/mol. The summed E-state index contributed by atoms with van der Waals surface area (Å²) in [6, 6.07) is 14.2. The third-order valence-electron chi connectivity index (χ3n) is 3.81. The van der Waals surface area contributed by atoms with Gasteiger partial charge in [0.1, 0.15) is 0 Å². The first-order chi connectivity index (χ1) is 12.9. The summed E-state index contributed by atoms with van der Waals surface area (Å²) >= 11 is 1.26. The molecule has 0 unspecified atom stereocenters. The van der Waals surface area contributed by atoms with Gasteiger partial charge in [-0.25, -0.2) is 0 Å². The van der Waals surface area contributed by atoms with Crippen molar-refractivity contribution in [1.82, 2.24) is 5.32 Å². The number of aryl methyl sites for hydroxylation is 1. The van der Waals surface area contributed by atoms with E-state index in [-0.39, 0.29) is 23.5 Å². The highest BCUT2D eigenvalue weighted by Gasteiger charge is 2.16. The van der Waals surface area contributed by atoms with E-state index in [1.54, 1.807) is 38.2 Å². The van der Waals surface area contributed by atoms with E-state index in [1.165, 1.54) is 11.8 Å². The Morgan fingerprint density at radius 1 is 0.926 bits per heavy atom. The van der Waals surface area contributed by atoms with Crippen molar-refractivity contribution in [2.45, 2.75) is 19.1 Å². The van der Waals surface area contributed by atoms with E-state index in [2.05, 4.69) is 16.0 Å². The summed E-state index contributed by atoms with van der Waals surface area (Å²) in [6.45, 7) is 3.73. The molecule has 3 N–H and O–H groups in total. The van der Waals surface area contributed by atoms with Crippen molar-refractivity contribution >= 4 is 40.9 Å². The van der Waals surface area contributed by atoms with Gasteiger partial charge in [0, 0.05) is 24.0 Å². The third-order valence-corrected chi connectivity index (χ3v) is 4.95. The Morgan fingerprint density at radius 2 is 1.48 bits per heavy atom. The first-order valence-electron chi connectivity index (χ1n) is 8.50. The van der Waals surface area contributed by atoms with Gasteiger partial charge in [-0.05, 0) is 50.2 Å². The zero-order valence-electron chi connectivity index (χ0n) is 15.5. The van der Waals surface area contributed by atoms with Crippen LogP contribution in [0.15, 0.2) is 48.5 Å². The Bertz CT molecular complexity index is 804. The lowest BCUT2D eigenvalue weighted by Crippen LogP contribution is -2.25. The van der Waals surface area contributed by atoms with E-state index in [0.717, 1.165) is 11.3 Å². The molecular weight excluding hydrogens is 362 g/mol. The van der Waals surface area contributed by atoms with Gasteiger partial charge in [-0.15, -0.1) is 11.8 Å². The number of carbonyl (C=O) groups is 3. The highest BCUT2D eigenvalue weighted by molar-refractivity contribution is 8.01. The minimum atomic E-state index is -0.396. The molecule has 0 spiro atoms. The third kappa shape index (κ3) is 6.45. The summed E-state index contributed by atoms with van der Waals surface area (Å²) in [6.07, 6.45) is 0. The van der Waals surface area contributed by atoms with E-state index in [1.807, 2.05) is 31.2 Å². The fraction of sp³-hybridized carbons (Fsp3) is 0.250. The number of benzene rings is 2. The molecule has 2 rings (SSSR count). The lowest BCUT2D eigenvalue weighted by Gasteiger charge is -2.12. The predicted molar refractivity (Wildman–Crippen MR) is 110 cm³/mol. The fourth-order valence-corrected chi connectivity index (χ4v) is 2.89. The van der Waals surface area contributed by atoms with Crippen LogP contribution in [0.3, 0.4) is 0 Å². The second kappa shape index (κ2) is 9.78. The Hall–Kier alpha value is -2.80. The van der Waals surface area contributed by atoms with Crippen molar-refractivity contribution in [3.05, 3.63) is 59.7 Å². The molecule has 0 heterocycles. The minimum Gasteiger partial charge on any atom is -0.355 e. The maximum Gasteiger partial charge on any atom is 0.251 e. The van der Waals surface area contributed by atoms with Crippen LogP contribution < -0.4 is 16.0 Å². The van der Waals surface area contributed by atoms with Crippen molar-refractivity contribution in [1.29, 1.82) is 0 Å². The van der Waals surface area contributed by atoms with Gasteiger partial charge >= 0.3 is 0 Å². The van der Waals surface area contributed by atoms with Crippen LogP contribution in [-0.4, -0.2) is 35.8 Å². The molecule has 6 nitrogen and oxygen atoms in total. The van der Waals surface area contributed by atoms with Gasteiger partial charge in [0.05, 0.1) is 11.0 Å². The number of nitrogens with one attached hydrogen (secondary N) is 3. The maximum absolute atomic E-state index is 12.3. The molecule has 0 aliphatic carbocycles. The second-order valence-electron chi connectivity index (χ2n) is 6.01. The molecule has 0 fully saturated rings. The molecule has 0 saturated carbocycles. The molecule has 3 amide bonds. The summed E-state index contributed by atoms with van der Waals surface area (Å²) < 4.78 is 0. The van der Waals surface area contributed by atoms with Gasteiger partial charge in [-0.2, -0.15) is 0 Å². The topological polar surface area (TPSA) is 87.3 Å². The molecule has 0 aromatic heterocycles. The zero-order chi connectivity index (χ0) is 19.8. The Balaban J connectivity index is 1.80. The molecule has 2 aromatic rings. The standard InChI is InChI=1S/C20H23N3O3S/c1-13-4-8-16(9-5-13)22-18(24)12-27-14(2)19(25)23-17-10-6-15(7-11-17)20(26)21-3/h4-11,14H,12H2,1-3H3,(H,21,26)(H,22,24)(H,23,25)/t14-/m1/s1. The van der Waals surface area contributed by atoms with Crippen LogP contribution in [0.5, 0.6) is 0 Å². The molecule has 2 aromatic carbocycles. The first-order valence-corrected chi connectivity index (χ1v) is 9.55. The summed E-state index contributed by atoms with van der Waals surface area (Å²) in [5.74, 6) is -0.358. The van der Waals surface area contributed by atoms with E-state index < -0.39 is 5.25 Å². The van der Waals surface area contributed by atoms with Gasteiger partial charge in [0.25, 0.3) is 5.91 Å². The summed E-state index contributed by atoms with van der Waals surface area (Å²) in [4.78, 5) is 35.8. The van der Waals surface area contributed by atoms with Gasteiger partial charge in [0.2, 0.25) is 11.8 Å². The molecule has 0 saturated heterocycles. The van der Waals surface area contributed by atoms with Gasteiger partial charge in [-0.3, -0.25) is 14.4 Å². The lowest BCUT2D eigenvalue weighted by molar-refractivity contribution is -0.115. The minimum absolute atomic E-state index is 0.154. The van der Waals surface area contributed by atoms with Crippen molar-refractivity contribution in [2.75, 3.05) is 23.4 Å². The molecule has 0 aliphatic heterocycles. The number of carbonyl (C=O) groups excluding carboxylic acids is 3. The van der Waals surface area contributed by atoms with Crippen molar-refractivity contribution < 1.29 is 14.4 Å².